The minimum atomic E-state index is -0.958. The van der Waals surface area contributed by atoms with E-state index in [1.165, 1.54) is 0 Å². The first-order valence-electron chi connectivity index (χ1n) is 5.94. The van der Waals surface area contributed by atoms with Crippen molar-refractivity contribution in [1.82, 2.24) is 4.98 Å². The van der Waals surface area contributed by atoms with Gasteiger partial charge in [0.1, 0.15) is 10.6 Å². The number of carbonyl (C=O) groups is 1. The lowest BCUT2D eigenvalue weighted by molar-refractivity contribution is -0.109. The standard InChI is InChI=1S/C15H14BrNO3/c1-19-13-6-5-11(8-14(13)20-2)15(16,10-18)12-4-3-7-17-9-12/h3-10H,1-2H3. The van der Waals surface area contributed by atoms with Crippen molar-refractivity contribution in [3.8, 4) is 11.5 Å². The Morgan fingerprint density at radius 3 is 2.45 bits per heavy atom. The predicted molar refractivity (Wildman–Crippen MR) is 79.6 cm³/mol. The molecule has 0 fully saturated rings. The molecule has 1 aromatic carbocycles. The molecule has 2 rings (SSSR count). The zero-order valence-corrected chi connectivity index (χ0v) is 12.8. The fraction of sp³-hybridized carbons (Fsp3) is 0.200. The van der Waals surface area contributed by atoms with E-state index < -0.39 is 4.32 Å². The van der Waals surface area contributed by atoms with Crippen LogP contribution in [-0.2, 0) is 9.12 Å². The highest BCUT2D eigenvalue weighted by Gasteiger charge is 2.32. The Morgan fingerprint density at radius 2 is 1.90 bits per heavy atom. The maximum absolute atomic E-state index is 11.6. The molecule has 4 nitrogen and oxygen atoms in total. The van der Waals surface area contributed by atoms with E-state index in [4.69, 9.17) is 9.47 Å². The van der Waals surface area contributed by atoms with Gasteiger partial charge in [-0.05, 0) is 29.3 Å². The number of halogens is 1. The molecule has 5 heteroatoms. The number of nitrogens with zero attached hydrogens (tertiary/aromatic N) is 1. The summed E-state index contributed by atoms with van der Waals surface area (Å²) in [7, 11) is 3.13. The number of ether oxygens (including phenoxy) is 2. The largest absolute Gasteiger partial charge is 0.493 e. The third kappa shape index (κ3) is 2.54. The van der Waals surface area contributed by atoms with E-state index in [2.05, 4.69) is 20.9 Å². The van der Waals surface area contributed by atoms with E-state index in [-0.39, 0.29) is 0 Å². The van der Waals surface area contributed by atoms with Gasteiger partial charge in [0.2, 0.25) is 0 Å². The molecule has 1 heterocycles. The summed E-state index contributed by atoms with van der Waals surface area (Å²) in [6, 6.07) is 8.99. The molecule has 1 aromatic heterocycles. The molecule has 2 aromatic rings. The average Bonchev–Trinajstić information content (AvgIpc) is 2.54. The molecule has 1 atom stereocenters. The molecule has 0 aliphatic heterocycles. The fourth-order valence-electron chi connectivity index (χ4n) is 1.94. The smallest absolute Gasteiger partial charge is 0.161 e. The number of hydrogen-bond acceptors (Lipinski definition) is 4. The normalized spacial score (nSPS) is 13.3. The number of benzene rings is 1. The van der Waals surface area contributed by atoms with Crippen LogP contribution in [-0.4, -0.2) is 25.5 Å². The van der Waals surface area contributed by atoms with Crippen LogP contribution in [0.15, 0.2) is 42.7 Å². The van der Waals surface area contributed by atoms with E-state index in [1.54, 1.807) is 44.8 Å². The van der Waals surface area contributed by atoms with Crippen LogP contribution in [0.1, 0.15) is 11.1 Å². The lowest BCUT2D eigenvalue weighted by Crippen LogP contribution is -2.21. The molecule has 0 radical (unpaired) electrons. The third-order valence-electron chi connectivity index (χ3n) is 3.05. The lowest BCUT2D eigenvalue weighted by Gasteiger charge is -2.22. The Balaban J connectivity index is 2.55. The van der Waals surface area contributed by atoms with Gasteiger partial charge >= 0.3 is 0 Å². The molecule has 0 amide bonds. The summed E-state index contributed by atoms with van der Waals surface area (Å²) in [4.78, 5) is 15.7. The van der Waals surface area contributed by atoms with Crippen LogP contribution >= 0.6 is 15.9 Å². The molecule has 0 aliphatic carbocycles. The average molecular weight is 336 g/mol. The number of pyridine rings is 1. The Bertz CT molecular complexity index is 603. The van der Waals surface area contributed by atoms with Crippen LogP contribution in [0.3, 0.4) is 0 Å². The summed E-state index contributed by atoms with van der Waals surface area (Å²) in [5.74, 6) is 1.18. The second kappa shape index (κ2) is 6.05. The van der Waals surface area contributed by atoms with Crippen LogP contribution in [0, 0.1) is 0 Å². The summed E-state index contributed by atoms with van der Waals surface area (Å²) in [5.41, 5.74) is 1.50. The Morgan fingerprint density at radius 1 is 1.15 bits per heavy atom. The zero-order valence-electron chi connectivity index (χ0n) is 11.2. The fourth-order valence-corrected chi connectivity index (χ4v) is 2.42. The van der Waals surface area contributed by atoms with Crippen LogP contribution < -0.4 is 9.47 Å². The van der Waals surface area contributed by atoms with Gasteiger partial charge in [-0.25, -0.2) is 0 Å². The number of hydrogen-bond donors (Lipinski definition) is 0. The Kier molecular flexibility index (Phi) is 4.39. The third-order valence-corrected chi connectivity index (χ3v) is 4.15. The van der Waals surface area contributed by atoms with Gasteiger partial charge in [-0.15, -0.1) is 0 Å². The number of alkyl halides is 1. The van der Waals surface area contributed by atoms with Crippen molar-refractivity contribution in [3.05, 3.63) is 53.9 Å². The van der Waals surface area contributed by atoms with Crippen molar-refractivity contribution >= 4 is 22.2 Å². The maximum atomic E-state index is 11.6. The topological polar surface area (TPSA) is 48.4 Å². The monoisotopic (exact) mass is 335 g/mol. The summed E-state index contributed by atoms with van der Waals surface area (Å²) in [6.45, 7) is 0. The van der Waals surface area contributed by atoms with Crippen molar-refractivity contribution in [1.29, 1.82) is 0 Å². The first kappa shape index (κ1) is 14.5. The number of aldehydes is 1. The number of methoxy groups -OCH3 is 2. The van der Waals surface area contributed by atoms with E-state index in [0.29, 0.717) is 11.5 Å². The maximum Gasteiger partial charge on any atom is 0.161 e. The minimum absolute atomic E-state index is 0.569. The number of rotatable bonds is 5. The SMILES string of the molecule is COc1ccc(C(Br)(C=O)c2cccnc2)cc1OC. The van der Waals surface area contributed by atoms with Crippen molar-refractivity contribution in [2.75, 3.05) is 14.2 Å². The van der Waals surface area contributed by atoms with Gasteiger partial charge in [0, 0.05) is 12.4 Å². The predicted octanol–water partition coefficient (Wildman–Crippen LogP) is 2.94. The first-order chi connectivity index (χ1) is 9.65. The molecule has 0 spiro atoms. The highest BCUT2D eigenvalue weighted by Crippen LogP contribution is 2.40. The van der Waals surface area contributed by atoms with Gasteiger partial charge in [0.25, 0.3) is 0 Å². The molecule has 0 aliphatic rings. The van der Waals surface area contributed by atoms with Crippen molar-refractivity contribution < 1.29 is 14.3 Å². The highest BCUT2D eigenvalue weighted by atomic mass is 79.9. The van der Waals surface area contributed by atoms with E-state index >= 15 is 0 Å². The summed E-state index contributed by atoms with van der Waals surface area (Å²) in [6.07, 6.45) is 4.15. The molecular weight excluding hydrogens is 322 g/mol. The number of aromatic nitrogens is 1. The van der Waals surface area contributed by atoms with Gasteiger partial charge in [0.15, 0.2) is 11.5 Å². The van der Waals surface area contributed by atoms with Gasteiger partial charge in [-0.3, -0.25) is 4.98 Å². The van der Waals surface area contributed by atoms with Crippen LogP contribution in [0.25, 0.3) is 0 Å². The molecule has 104 valence electrons. The van der Waals surface area contributed by atoms with Crippen molar-refractivity contribution in [2.45, 2.75) is 4.32 Å². The minimum Gasteiger partial charge on any atom is -0.493 e. The summed E-state index contributed by atoms with van der Waals surface area (Å²) < 4.78 is 9.52. The van der Waals surface area contributed by atoms with Crippen LogP contribution in [0.5, 0.6) is 11.5 Å². The first-order valence-corrected chi connectivity index (χ1v) is 6.73. The molecule has 1 unspecified atom stereocenters. The molecular formula is C15H14BrNO3. The molecule has 20 heavy (non-hydrogen) atoms. The summed E-state index contributed by atoms with van der Waals surface area (Å²) in [5, 5.41) is 0. The molecule has 0 bridgehead atoms. The lowest BCUT2D eigenvalue weighted by atomic mass is 9.93. The molecule has 0 N–H and O–H groups in total. The van der Waals surface area contributed by atoms with E-state index in [9.17, 15) is 4.79 Å². The van der Waals surface area contributed by atoms with Crippen molar-refractivity contribution in [3.63, 3.8) is 0 Å². The van der Waals surface area contributed by atoms with Gasteiger partial charge < -0.3 is 14.3 Å². The Hall–Kier alpha value is -1.88. The highest BCUT2D eigenvalue weighted by molar-refractivity contribution is 9.10. The van der Waals surface area contributed by atoms with E-state index in [0.717, 1.165) is 17.4 Å². The Labute approximate surface area is 125 Å². The number of carbonyl (C=O) groups excluding carboxylic acids is 1. The summed E-state index contributed by atoms with van der Waals surface area (Å²) >= 11 is 3.51. The quantitative estimate of drug-likeness (QED) is 0.622. The van der Waals surface area contributed by atoms with Gasteiger partial charge in [0.05, 0.1) is 14.2 Å². The second-order valence-corrected chi connectivity index (χ2v) is 5.39. The van der Waals surface area contributed by atoms with Crippen molar-refractivity contribution in [2.24, 2.45) is 0 Å². The second-order valence-electron chi connectivity index (χ2n) is 4.14. The van der Waals surface area contributed by atoms with Gasteiger partial charge in [-0.1, -0.05) is 28.1 Å². The molecule has 0 saturated carbocycles. The van der Waals surface area contributed by atoms with Gasteiger partial charge in [-0.2, -0.15) is 0 Å². The zero-order chi connectivity index (χ0) is 14.6. The van der Waals surface area contributed by atoms with E-state index in [1.807, 2.05) is 12.1 Å². The van der Waals surface area contributed by atoms with Crippen LogP contribution in [0.4, 0.5) is 0 Å². The van der Waals surface area contributed by atoms with Crippen LogP contribution in [0.2, 0.25) is 0 Å². The molecule has 0 saturated heterocycles.